The zero-order chi connectivity index (χ0) is 22.2. The largest absolute Gasteiger partial charge is 0.468 e. The van der Waals surface area contributed by atoms with E-state index in [1.807, 2.05) is 4.72 Å². The molecule has 0 aliphatic carbocycles. The molecule has 12 nitrogen and oxygen atoms in total. The summed E-state index contributed by atoms with van der Waals surface area (Å²) < 4.78 is 42.5. The third-order valence-corrected chi connectivity index (χ3v) is 6.17. The Balaban J connectivity index is 1.49. The van der Waals surface area contributed by atoms with Crippen LogP contribution >= 0.6 is 0 Å². The topological polar surface area (TPSA) is 157 Å². The summed E-state index contributed by atoms with van der Waals surface area (Å²) in [6, 6.07) is -1.20. The number of likely N-dealkylation sites (tertiary alicyclic amines) is 1. The van der Waals surface area contributed by atoms with E-state index in [-0.39, 0.29) is 6.54 Å². The Morgan fingerprint density at radius 3 is 2.23 bits per heavy atom. The number of fused-ring (bicyclic) bond motifs is 5. The van der Waals surface area contributed by atoms with Crippen molar-refractivity contribution in [3.63, 3.8) is 0 Å². The highest BCUT2D eigenvalue weighted by molar-refractivity contribution is 7.88. The third-order valence-electron chi connectivity index (χ3n) is 5.17. The van der Waals surface area contributed by atoms with Gasteiger partial charge in [-0.2, -0.15) is 13.1 Å². The second kappa shape index (κ2) is 8.32. The number of hydrogen-bond acceptors (Lipinski definition) is 9. The number of amides is 3. The Morgan fingerprint density at radius 2 is 1.73 bits per heavy atom. The van der Waals surface area contributed by atoms with E-state index in [9.17, 15) is 27.6 Å². The zero-order valence-corrected chi connectivity index (χ0v) is 17.4. The number of esters is 1. The molecule has 0 aromatic carbocycles. The normalized spacial score (nSPS) is 28.1. The number of nitrogens with one attached hydrogen (secondary N) is 2. The number of methoxy groups -OCH3 is 1. The molecule has 2 N–H and O–H groups in total. The predicted octanol–water partition coefficient (Wildman–Crippen LogP) is -1.32. The Kier molecular flexibility index (Phi) is 6.15. The summed E-state index contributed by atoms with van der Waals surface area (Å²) in [5.41, 5.74) is 0. The zero-order valence-electron chi connectivity index (χ0n) is 16.6. The predicted molar refractivity (Wildman–Crippen MR) is 98.7 cm³/mol. The highest BCUT2D eigenvalue weighted by Gasteiger charge is 2.60. The molecule has 5 atom stereocenters. The maximum absolute atomic E-state index is 12.5. The van der Waals surface area contributed by atoms with Gasteiger partial charge in [0.25, 0.3) is 0 Å². The van der Waals surface area contributed by atoms with Gasteiger partial charge in [0, 0.05) is 0 Å². The van der Waals surface area contributed by atoms with Crippen LogP contribution in [0.5, 0.6) is 0 Å². The summed E-state index contributed by atoms with van der Waals surface area (Å²) in [4.78, 5) is 49.4. The Hall–Kier alpha value is -2.51. The van der Waals surface area contributed by atoms with Gasteiger partial charge in [0.1, 0.15) is 12.6 Å². The first-order valence-electron chi connectivity index (χ1n) is 9.29. The fourth-order valence-electron chi connectivity index (χ4n) is 3.73. The first kappa shape index (κ1) is 22.2. The molecule has 0 spiro atoms. The van der Waals surface area contributed by atoms with Crippen LogP contribution in [-0.2, 0) is 38.8 Å². The number of imide groups is 1. The molecule has 3 heterocycles. The molecular weight excluding hydrogens is 422 g/mol. The van der Waals surface area contributed by atoms with Crippen molar-refractivity contribution in [2.45, 2.75) is 32.1 Å². The van der Waals surface area contributed by atoms with E-state index in [0.717, 1.165) is 12.0 Å². The van der Waals surface area contributed by atoms with Crippen LogP contribution in [0.1, 0.15) is 13.8 Å². The molecule has 3 aliphatic heterocycles. The number of rotatable bonds is 8. The number of carbonyl (C=O) groups excluding carboxylic acids is 4. The minimum Gasteiger partial charge on any atom is -0.468 e. The molecule has 2 fully saturated rings. The van der Waals surface area contributed by atoms with E-state index in [4.69, 9.17) is 9.47 Å². The quantitative estimate of drug-likeness (QED) is 0.263. The minimum atomic E-state index is -4.42. The highest BCUT2D eigenvalue weighted by Crippen LogP contribution is 2.44. The molecule has 0 radical (unpaired) electrons. The fraction of sp³-hybridized carbons (Fsp3) is 0.647. The maximum Gasteiger partial charge on any atom is 0.421 e. The van der Waals surface area contributed by atoms with Crippen molar-refractivity contribution < 1.29 is 41.8 Å². The molecule has 0 aromatic heterocycles. The van der Waals surface area contributed by atoms with Gasteiger partial charge in [0.05, 0.1) is 37.7 Å². The molecule has 30 heavy (non-hydrogen) atoms. The number of carbonyl (C=O) groups is 4. The lowest BCUT2D eigenvalue weighted by atomic mass is 9.85. The monoisotopic (exact) mass is 445 g/mol. The molecule has 2 bridgehead atoms. The van der Waals surface area contributed by atoms with E-state index in [1.165, 1.54) is 0 Å². The average molecular weight is 445 g/mol. The van der Waals surface area contributed by atoms with Gasteiger partial charge in [-0.3, -0.25) is 19.3 Å². The maximum atomic E-state index is 12.5. The van der Waals surface area contributed by atoms with Crippen molar-refractivity contribution in [1.82, 2.24) is 14.3 Å². The van der Waals surface area contributed by atoms with E-state index in [0.29, 0.717) is 0 Å². The molecular formula is C17H23N3O9S. The minimum absolute atomic E-state index is 0.207. The van der Waals surface area contributed by atoms with Crippen LogP contribution in [0.4, 0.5) is 4.79 Å². The van der Waals surface area contributed by atoms with E-state index >= 15 is 0 Å². The smallest absolute Gasteiger partial charge is 0.421 e. The van der Waals surface area contributed by atoms with Gasteiger partial charge in [-0.1, -0.05) is 26.0 Å². The lowest BCUT2D eigenvalue weighted by molar-refractivity contribution is -0.144. The Bertz CT molecular complexity index is 855. The first-order chi connectivity index (χ1) is 14.1. The number of ether oxygens (including phenoxy) is 3. The second-order valence-electron chi connectivity index (χ2n) is 7.43. The van der Waals surface area contributed by atoms with Gasteiger partial charge in [-0.05, 0) is 5.92 Å². The second-order valence-corrected chi connectivity index (χ2v) is 8.88. The summed E-state index contributed by atoms with van der Waals surface area (Å²) >= 11 is 0. The van der Waals surface area contributed by atoms with E-state index in [1.54, 1.807) is 30.7 Å². The average Bonchev–Trinajstić information content (AvgIpc) is 3.34. The first-order valence-corrected chi connectivity index (χ1v) is 10.8. The molecule has 3 rings (SSSR count). The molecule has 3 amide bonds. The van der Waals surface area contributed by atoms with Crippen molar-refractivity contribution in [2.24, 2.45) is 17.8 Å². The van der Waals surface area contributed by atoms with E-state index < -0.39 is 76.7 Å². The SMILES string of the molecule is COC(=O)[C@@H](NS(=O)(=O)NC(=O)OCCN1C(=O)[C@@H]2[C@H](C1=O)[C@H]1C=C[C@@H]2O1)C(C)C. The van der Waals surface area contributed by atoms with Gasteiger partial charge in [-0.15, -0.1) is 0 Å². The van der Waals surface area contributed by atoms with Crippen LogP contribution < -0.4 is 9.44 Å². The lowest BCUT2D eigenvalue weighted by Crippen LogP contribution is -2.51. The van der Waals surface area contributed by atoms with Gasteiger partial charge in [0.15, 0.2) is 0 Å². The van der Waals surface area contributed by atoms with Crippen molar-refractivity contribution in [3.8, 4) is 0 Å². The third kappa shape index (κ3) is 4.18. The van der Waals surface area contributed by atoms with Crippen LogP contribution in [0.15, 0.2) is 12.2 Å². The van der Waals surface area contributed by atoms with Crippen molar-refractivity contribution in [3.05, 3.63) is 12.2 Å². The van der Waals surface area contributed by atoms with Gasteiger partial charge >= 0.3 is 22.3 Å². The number of hydrogen-bond donors (Lipinski definition) is 2. The van der Waals surface area contributed by atoms with Crippen molar-refractivity contribution in [2.75, 3.05) is 20.3 Å². The summed E-state index contributed by atoms with van der Waals surface area (Å²) in [6.45, 7) is 2.58. The fourth-order valence-corrected chi connectivity index (χ4v) is 4.77. The van der Waals surface area contributed by atoms with Gasteiger partial charge in [-0.25, -0.2) is 9.52 Å². The van der Waals surface area contributed by atoms with Gasteiger partial charge < -0.3 is 14.2 Å². The molecule has 0 unspecified atom stereocenters. The van der Waals surface area contributed by atoms with Crippen LogP contribution in [0, 0.1) is 17.8 Å². The van der Waals surface area contributed by atoms with Crippen LogP contribution in [0.3, 0.4) is 0 Å². The van der Waals surface area contributed by atoms with E-state index in [2.05, 4.69) is 4.74 Å². The molecule has 2 saturated heterocycles. The lowest BCUT2D eigenvalue weighted by Gasteiger charge is -2.20. The molecule has 0 saturated carbocycles. The highest BCUT2D eigenvalue weighted by atomic mass is 32.2. The van der Waals surface area contributed by atoms with Crippen molar-refractivity contribution in [1.29, 1.82) is 0 Å². The standard InChI is InChI=1S/C17H23N3O9S/c1-8(2)13(16(23)27-3)18-30(25,26)19-17(24)28-7-6-20-14(21)11-9-4-5-10(29-9)12(11)15(20)22/h4-5,8-13,18H,6-7H2,1-3H3,(H,19,24)/t9-,10+,11-,12+,13-/m0/s1. The molecule has 3 aliphatic rings. The Labute approximate surface area is 173 Å². The van der Waals surface area contributed by atoms with Crippen molar-refractivity contribution >= 4 is 34.1 Å². The van der Waals surface area contributed by atoms with Crippen LogP contribution in [-0.4, -0.2) is 75.7 Å². The summed E-state index contributed by atoms with van der Waals surface area (Å²) in [5, 5.41) is 0. The Morgan fingerprint density at radius 1 is 1.17 bits per heavy atom. The molecule has 166 valence electrons. The summed E-state index contributed by atoms with van der Waals surface area (Å²) in [5.74, 6) is -3.20. The molecule has 13 heteroatoms. The van der Waals surface area contributed by atoms with Gasteiger partial charge in [0.2, 0.25) is 11.8 Å². The van der Waals surface area contributed by atoms with Crippen LogP contribution in [0.2, 0.25) is 0 Å². The summed E-state index contributed by atoms with van der Waals surface area (Å²) in [6.07, 6.45) is 1.33. The number of nitrogens with zero attached hydrogens (tertiary/aromatic N) is 1. The van der Waals surface area contributed by atoms with Crippen LogP contribution in [0.25, 0.3) is 0 Å². The summed E-state index contributed by atoms with van der Waals surface area (Å²) in [7, 11) is -3.31. The molecule has 0 aromatic rings.